The average Bonchev–Trinajstić information content (AvgIpc) is 2.52. The van der Waals surface area contributed by atoms with Gasteiger partial charge >= 0.3 is 17.6 Å². The van der Waals surface area contributed by atoms with E-state index in [9.17, 15) is 0 Å². The van der Waals surface area contributed by atoms with Crippen LogP contribution in [-0.2, 0) is 26.6 Å². The molecule has 1 aromatic carbocycles. The summed E-state index contributed by atoms with van der Waals surface area (Å²) in [6, 6.07) is 8.14. The molecule has 0 aliphatic carbocycles. The Morgan fingerprint density at radius 3 is 0.711 bits per heavy atom. The third kappa shape index (κ3) is 12.7. The van der Waals surface area contributed by atoms with E-state index in [0.29, 0.717) is 0 Å². The Morgan fingerprint density at radius 1 is 0.368 bits per heavy atom. The molecule has 222 valence electrons. The van der Waals surface area contributed by atoms with Crippen molar-refractivity contribution >= 4 is 28.0 Å². The topological polar surface area (TPSA) is 55.4 Å². The van der Waals surface area contributed by atoms with Crippen LogP contribution in [-0.4, -0.2) is 51.2 Å². The minimum atomic E-state index is -3.51. The van der Waals surface area contributed by atoms with Crippen LogP contribution in [0.5, 0.6) is 0 Å². The van der Waals surface area contributed by atoms with Crippen molar-refractivity contribution in [3.63, 3.8) is 0 Å². The summed E-state index contributed by atoms with van der Waals surface area (Å²) in [5.41, 5.74) is -3.09. The van der Waals surface area contributed by atoms with E-state index in [0.717, 1.165) is 10.4 Å². The maximum Gasteiger partial charge on any atom is 0.538 e. The maximum absolute atomic E-state index is 6.82. The molecule has 1 rings (SSSR count). The molecule has 0 atom stereocenters. The molecule has 0 aliphatic heterocycles. The molecule has 38 heavy (non-hydrogen) atoms. The maximum atomic E-state index is 6.82. The minimum Gasteiger partial charge on any atom is -0.365 e. The Labute approximate surface area is 236 Å². The summed E-state index contributed by atoms with van der Waals surface area (Å²) >= 11 is 0. The van der Waals surface area contributed by atoms with E-state index in [2.05, 4.69) is 6.07 Å². The van der Waals surface area contributed by atoms with Crippen molar-refractivity contribution in [1.29, 1.82) is 0 Å². The molecule has 0 aliphatic rings. The Bertz CT molecular complexity index is 751. The van der Waals surface area contributed by atoms with Crippen LogP contribution < -0.4 is 10.4 Å². The van der Waals surface area contributed by atoms with Crippen LogP contribution in [0.15, 0.2) is 24.3 Å². The van der Waals surface area contributed by atoms with Crippen molar-refractivity contribution in [2.75, 3.05) is 0 Å². The summed E-state index contributed by atoms with van der Waals surface area (Å²) in [5.74, 6) is 0. The first kappa shape index (κ1) is 35.4. The largest absolute Gasteiger partial charge is 0.538 e. The van der Waals surface area contributed by atoms with Crippen LogP contribution in [0.3, 0.4) is 0 Å². The summed E-state index contributed by atoms with van der Waals surface area (Å²) in [4.78, 5) is 0. The molecule has 0 radical (unpaired) electrons. The predicted octanol–water partition coefficient (Wildman–Crippen LogP) is 6.87. The molecule has 8 heteroatoms. The van der Waals surface area contributed by atoms with Gasteiger partial charge in [0.15, 0.2) is 0 Å². The van der Waals surface area contributed by atoms with Crippen molar-refractivity contribution in [1.82, 2.24) is 0 Å². The van der Waals surface area contributed by atoms with Gasteiger partial charge in [-0.3, -0.25) is 0 Å². The number of hydrogen-bond donors (Lipinski definition) is 0. The van der Waals surface area contributed by atoms with Crippen LogP contribution in [0.25, 0.3) is 0 Å². The summed E-state index contributed by atoms with van der Waals surface area (Å²) in [5, 5.41) is 1.69. The van der Waals surface area contributed by atoms with Crippen LogP contribution in [0.2, 0.25) is 0 Å². The summed E-state index contributed by atoms with van der Waals surface area (Å²) < 4.78 is 40.9. The van der Waals surface area contributed by atoms with Crippen molar-refractivity contribution in [2.45, 2.75) is 158 Å². The van der Waals surface area contributed by atoms with E-state index in [-0.39, 0.29) is 0 Å². The molecule has 0 unspecified atom stereocenters. The lowest BCUT2D eigenvalue weighted by Gasteiger charge is -2.44. The highest BCUT2D eigenvalue weighted by molar-refractivity contribution is 6.79. The van der Waals surface area contributed by atoms with Gasteiger partial charge in [-0.15, -0.1) is 0 Å². The van der Waals surface area contributed by atoms with Gasteiger partial charge in [-0.25, -0.2) is 0 Å². The molecule has 6 nitrogen and oxygen atoms in total. The zero-order valence-corrected chi connectivity index (χ0v) is 29.8. The van der Waals surface area contributed by atoms with E-state index in [1.807, 2.05) is 143 Å². The zero-order valence-electron chi connectivity index (χ0n) is 27.8. The molecule has 1 aromatic rings. The van der Waals surface area contributed by atoms with Crippen LogP contribution >= 0.6 is 0 Å². The number of rotatable bonds is 8. The van der Waals surface area contributed by atoms with E-state index >= 15 is 0 Å². The second-order valence-electron chi connectivity index (χ2n) is 16.0. The Morgan fingerprint density at radius 2 is 0.553 bits per heavy atom. The molecule has 0 bridgehead atoms. The third-order valence-corrected chi connectivity index (χ3v) is 11.5. The first-order chi connectivity index (χ1) is 16.5. The van der Waals surface area contributed by atoms with Gasteiger partial charge in [0.25, 0.3) is 0 Å². The number of benzene rings is 1. The fourth-order valence-electron chi connectivity index (χ4n) is 3.80. The highest BCUT2D eigenvalue weighted by Crippen LogP contribution is 2.31. The van der Waals surface area contributed by atoms with Crippen molar-refractivity contribution in [3.05, 3.63) is 24.3 Å². The first-order valence-corrected chi connectivity index (χ1v) is 17.2. The van der Waals surface area contributed by atoms with Crippen molar-refractivity contribution in [2.24, 2.45) is 0 Å². The summed E-state index contributed by atoms with van der Waals surface area (Å²) in [6.45, 7) is 36.6. The van der Waals surface area contributed by atoms with E-state index < -0.39 is 51.2 Å². The molecule has 0 aromatic heterocycles. The van der Waals surface area contributed by atoms with Gasteiger partial charge < -0.3 is 26.6 Å². The van der Waals surface area contributed by atoms with E-state index in [1.165, 1.54) is 0 Å². The highest BCUT2D eigenvalue weighted by Gasteiger charge is 2.56. The lowest BCUT2D eigenvalue weighted by atomic mass is 10.2. The van der Waals surface area contributed by atoms with Gasteiger partial charge in [0, 0.05) is 10.4 Å². The fourth-order valence-corrected chi connectivity index (χ4v) is 11.0. The first-order valence-electron chi connectivity index (χ1n) is 13.8. The molecular formula is C30H58O6Si2. The molecule has 0 saturated heterocycles. The van der Waals surface area contributed by atoms with Gasteiger partial charge in [0.2, 0.25) is 0 Å². The monoisotopic (exact) mass is 570 g/mol. The molecular weight excluding hydrogens is 512 g/mol. The van der Waals surface area contributed by atoms with Gasteiger partial charge in [-0.2, -0.15) is 0 Å². The van der Waals surface area contributed by atoms with Gasteiger partial charge in [-0.05, 0) is 131 Å². The number of hydrogen-bond acceptors (Lipinski definition) is 6. The summed E-state index contributed by atoms with van der Waals surface area (Å²) in [7, 11) is -7.02. The quantitative estimate of drug-likeness (QED) is 0.318. The summed E-state index contributed by atoms with van der Waals surface area (Å²) in [6.07, 6.45) is 0. The fraction of sp³-hybridized carbons (Fsp3) is 0.800. The SMILES string of the molecule is CC(C)(C)O[Si](OC(C)(C)C)(OC(C)(C)C)c1cccc([Si](OC(C)(C)C)(OC(C)(C)C)OC(C)(C)C)c1. The highest BCUT2D eigenvalue weighted by atomic mass is 28.4. The Hall–Kier alpha value is -0.586. The minimum absolute atomic E-state index is 0.515. The van der Waals surface area contributed by atoms with Crippen LogP contribution in [0.1, 0.15) is 125 Å². The molecule has 0 N–H and O–H groups in total. The lowest BCUT2D eigenvalue weighted by molar-refractivity contribution is -0.0662. The standard InChI is InChI=1S/C30H58O6Si2/c1-25(2,3)31-37(32-26(4,5)6,33-27(7,8)9)23-20-19-21-24(22-23)38(34-28(10,11)12,35-29(13,14)15)36-30(16,17)18/h19-22H,1-18H3. The predicted molar refractivity (Wildman–Crippen MR) is 162 cm³/mol. The van der Waals surface area contributed by atoms with Crippen molar-refractivity contribution in [3.8, 4) is 0 Å². The Balaban J connectivity index is 4.09. The van der Waals surface area contributed by atoms with Crippen molar-refractivity contribution < 1.29 is 26.6 Å². The second-order valence-corrected chi connectivity index (χ2v) is 20.6. The normalized spacial score (nSPS) is 15.2. The van der Waals surface area contributed by atoms with Gasteiger partial charge in [0.1, 0.15) is 0 Å². The van der Waals surface area contributed by atoms with Gasteiger partial charge in [-0.1, -0.05) is 18.2 Å². The van der Waals surface area contributed by atoms with E-state index in [1.54, 1.807) is 0 Å². The molecule has 0 amide bonds. The average molecular weight is 571 g/mol. The second kappa shape index (κ2) is 11.4. The smallest absolute Gasteiger partial charge is 0.365 e. The molecule has 0 saturated carbocycles. The molecule has 0 fully saturated rings. The zero-order chi connectivity index (χ0) is 30.2. The molecule has 0 heterocycles. The van der Waals surface area contributed by atoms with Gasteiger partial charge in [0.05, 0.1) is 33.6 Å². The van der Waals surface area contributed by atoms with Crippen LogP contribution in [0.4, 0.5) is 0 Å². The Kier molecular flexibility index (Phi) is 10.6. The van der Waals surface area contributed by atoms with Crippen LogP contribution in [0, 0.1) is 0 Å². The van der Waals surface area contributed by atoms with E-state index in [4.69, 9.17) is 26.6 Å². The molecule has 0 spiro atoms. The lowest BCUT2D eigenvalue weighted by Crippen LogP contribution is -2.68. The third-order valence-electron chi connectivity index (χ3n) is 4.21.